The van der Waals surface area contributed by atoms with Gasteiger partial charge < -0.3 is 9.47 Å². The first-order chi connectivity index (χ1) is 9.08. The maximum absolute atomic E-state index is 11.6. The summed E-state index contributed by atoms with van der Waals surface area (Å²) in [5.41, 5.74) is 0. The Balaban J connectivity index is 2.69. The predicted molar refractivity (Wildman–Crippen MR) is 68.8 cm³/mol. The molecule has 0 bridgehead atoms. The fourth-order valence-corrected chi connectivity index (χ4v) is 1.91. The van der Waals surface area contributed by atoms with E-state index in [0.29, 0.717) is 4.88 Å². The molecule has 0 saturated carbocycles. The zero-order chi connectivity index (χ0) is 14.3. The van der Waals surface area contributed by atoms with Gasteiger partial charge in [-0.2, -0.15) is 0 Å². The minimum absolute atomic E-state index is 0.0183. The van der Waals surface area contributed by atoms with Gasteiger partial charge >= 0.3 is 11.9 Å². The molecule has 0 aliphatic rings. The number of ketones is 1. The van der Waals surface area contributed by atoms with Crippen LogP contribution in [0, 0.1) is 11.8 Å². The average Bonchev–Trinajstić information content (AvgIpc) is 2.86. The first-order valence-corrected chi connectivity index (χ1v) is 6.27. The molecule has 1 rings (SSSR count). The average molecular weight is 280 g/mol. The van der Waals surface area contributed by atoms with Crippen LogP contribution in [0.2, 0.25) is 0 Å². The molecule has 100 valence electrons. The molecule has 1 aromatic rings. The Morgan fingerprint density at radius 1 is 1.32 bits per heavy atom. The molecule has 0 aliphatic heterocycles. The maximum Gasteiger partial charge on any atom is 0.380 e. The van der Waals surface area contributed by atoms with E-state index < -0.39 is 17.7 Å². The maximum atomic E-state index is 11.6. The van der Waals surface area contributed by atoms with Crippen LogP contribution in [0.4, 0.5) is 0 Å². The van der Waals surface area contributed by atoms with Crippen LogP contribution in [0.25, 0.3) is 0 Å². The molecule has 0 aliphatic carbocycles. The van der Waals surface area contributed by atoms with Gasteiger partial charge in [0.25, 0.3) is 5.78 Å². The Kier molecular flexibility index (Phi) is 5.76. The number of ether oxygens (including phenoxy) is 2. The number of carbonyl (C=O) groups excluding carboxylic acids is 3. The minimum Gasteiger partial charge on any atom is -0.468 e. The molecule has 6 heteroatoms. The third-order valence-corrected chi connectivity index (χ3v) is 2.96. The highest BCUT2D eigenvalue weighted by Crippen LogP contribution is 2.16. The Morgan fingerprint density at radius 3 is 2.68 bits per heavy atom. The molecular weight excluding hydrogens is 268 g/mol. The van der Waals surface area contributed by atoms with E-state index in [1.165, 1.54) is 13.2 Å². The number of carbonyl (C=O) groups is 3. The van der Waals surface area contributed by atoms with Gasteiger partial charge in [-0.1, -0.05) is 11.8 Å². The van der Waals surface area contributed by atoms with Crippen LogP contribution in [0.1, 0.15) is 27.9 Å². The summed E-state index contributed by atoms with van der Waals surface area (Å²) in [4.78, 5) is 34.5. The minimum atomic E-state index is -0.876. The lowest BCUT2D eigenvalue weighted by Crippen LogP contribution is -2.16. The van der Waals surface area contributed by atoms with Crippen molar-refractivity contribution in [3.63, 3.8) is 0 Å². The molecule has 5 nitrogen and oxygen atoms in total. The predicted octanol–water partition coefficient (Wildman–Crippen LogP) is 1.41. The standard InChI is InChI=1S/C13H12O5S/c1-3-18-13(16)12(15)10-8-7-9(19-10)5-4-6-11(14)17-2/h7-8H,3,6H2,1-2H3. The molecule has 0 aromatic carbocycles. The number of rotatable bonds is 4. The SMILES string of the molecule is CCOC(=O)C(=O)c1ccc(C#CCC(=O)OC)s1. The zero-order valence-corrected chi connectivity index (χ0v) is 11.3. The van der Waals surface area contributed by atoms with Crippen molar-refractivity contribution in [2.45, 2.75) is 13.3 Å². The lowest BCUT2D eigenvalue weighted by molar-refractivity contribution is -0.139. The Hall–Kier alpha value is -2.13. The molecule has 0 atom stereocenters. The highest BCUT2D eigenvalue weighted by atomic mass is 32.1. The quantitative estimate of drug-likeness (QED) is 0.361. The van der Waals surface area contributed by atoms with Crippen LogP contribution in [0.5, 0.6) is 0 Å². The van der Waals surface area contributed by atoms with E-state index in [4.69, 9.17) is 0 Å². The van der Waals surface area contributed by atoms with Crippen LogP contribution in [0.15, 0.2) is 12.1 Å². The third-order valence-electron chi connectivity index (χ3n) is 1.96. The van der Waals surface area contributed by atoms with E-state index in [1.807, 2.05) is 0 Å². The highest BCUT2D eigenvalue weighted by Gasteiger charge is 2.19. The fourth-order valence-electron chi connectivity index (χ4n) is 1.10. The van der Waals surface area contributed by atoms with Crippen molar-refractivity contribution in [3.8, 4) is 11.8 Å². The van der Waals surface area contributed by atoms with Crippen molar-refractivity contribution >= 4 is 29.1 Å². The van der Waals surface area contributed by atoms with Crippen molar-refractivity contribution < 1.29 is 23.9 Å². The third kappa shape index (κ3) is 4.56. The van der Waals surface area contributed by atoms with Crippen molar-refractivity contribution in [1.29, 1.82) is 0 Å². The number of Topliss-reactive ketones (excluding diaryl/α,β-unsaturated/α-hetero) is 1. The summed E-state index contributed by atoms with van der Waals surface area (Å²) in [5.74, 6) is 3.35. The van der Waals surface area contributed by atoms with Gasteiger partial charge in [0.15, 0.2) is 0 Å². The molecule has 0 spiro atoms. The topological polar surface area (TPSA) is 69.7 Å². The zero-order valence-electron chi connectivity index (χ0n) is 10.5. The number of methoxy groups -OCH3 is 1. The van der Waals surface area contributed by atoms with E-state index in [2.05, 4.69) is 21.3 Å². The van der Waals surface area contributed by atoms with Crippen molar-refractivity contribution in [3.05, 3.63) is 21.9 Å². The number of thiophene rings is 1. The second-order valence-corrected chi connectivity index (χ2v) is 4.35. The summed E-state index contributed by atoms with van der Waals surface area (Å²) in [6.45, 7) is 1.78. The summed E-state index contributed by atoms with van der Waals surface area (Å²) >= 11 is 1.08. The van der Waals surface area contributed by atoms with Crippen LogP contribution in [0.3, 0.4) is 0 Å². The summed E-state index contributed by atoms with van der Waals surface area (Å²) in [7, 11) is 1.28. The molecule has 19 heavy (non-hydrogen) atoms. The van der Waals surface area contributed by atoms with Crippen LogP contribution >= 0.6 is 11.3 Å². The van der Waals surface area contributed by atoms with Gasteiger partial charge in [-0.15, -0.1) is 11.3 Å². The summed E-state index contributed by atoms with van der Waals surface area (Å²) in [6.07, 6.45) is -0.0183. The largest absolute Gasteiger partial charge is 0.468 e. The van der Waals surface area contributed by atoms with Crippen LogP contribution in [-0.4, -0.2) is 31.4 Å². The molecule has 0 unspecified atom stereocenters. The first-order valence-electron chi connectivity index (χ1n) is 5.45. The second kappa shape index (κ2) is 7.34. The molecule has 1 aromatic heterocycles. The fraction of sp³-hybridized carbons (Fsp3) is 0.308. The number of hydrogen-bond acceptors (Lipinski definition) is 6. The normalized spacial score (nSPS) is 9.16. The first kappa shape index (κ1) is 14.9. The second-order valence-electron chi connectivity index (χ2n) is 3.27. The van der Waals surface area contributed by atoms with Gasteiger partial charge in [-0.3, -0.25) is 9.59 Å². The number of hydrogen-bond donors (Lipinski definition) is 0. The Labute approximate surface area is 114 Å². The van der Waals surface area contributed by atoms with Gasteiger partial charge in [-0.05, 0) is 19.1 Å². The van der Waals surface area contributed by atoms with Gasteiger partial charge in [-0.25, -0.2) is 4.79 Å². The Bertz CT molecular complexity index is 547. The van der Waals surface area contributed by atoms with E-state index in [9.17, 15) is 14.4 Å². The molecule has 0 fully saturated rings. The van der Waals surface area contributed by atoms with E-state index in [-0.39, 0.29) is 17.9 Å². The molecular formula is C13H12O5S. The molecule has 0 radical (unpaired) electrons. The van der Waals surface area contributed by atoms with E-state index in [0.717, 1.165) is 11.3 Å². The van der Waals surface area contributed by atoms with Gasteiger partial charge in [0.2, 0.25) is 0 Å². The lowest BCUT2D eigenvalue weighted by Gasteiger charge is -1.97. The van der Waals surface area contributed by atoms with Gasteiger partial charge in [0.1, 0.15) is 6.42 Å². The van der Waals surface area contributed by atoms with Gasteiger partial charge in [0.05, 0.1) is 23.5 Å². The van der Waals surface area contributed by atoms with Crippen LogP contribution < -0.4 is 0 Å². The lowest BCUT2D eigenvalue weighted by atomic mass is 10.3. The molecule has 0 saturated heterocycles. The van der Waals surface area contributed by atoms with Gasteiger partial charge in [0, 0.05) is 0 Å². The molecule has 0 N–H and O–H groups in total. The van der Waals surface area contributed by atoms with Crippen molar-refractivity contribution in [2.24, 2.45) is 0 Å². The van der Waals surface area contributed by atoms with Crippen molar-refractivity contribution in [2.75, 3.05) is 13.7 Å². The summed E-state index contributed by atoms with van der Waals surface area (Å²) < 4.78 is 9.05. The van der Waals surface area contributed by atoms with E-state index in [1.54, 1.807) is 13.0 Å². The Morgan fingerprint density at radius 2 is 2.05 bits per heavy atom. The monoisotopic (exact) mass is 280 g/mol. The summed E-state index contributed by atoms with van der Waals surface area (Å²) in [6, 6.07) is 3.12. The molecule has 0 amide bonds. The van der Waals surface area contributed by atoms with E-state index >= 15 is 0 Å². The highest BCUT2D eigenvalue weighted by molar-refractivity contribution is 7.15. The van der Waals surface area contributed by atoms with Crippen LogP contribution in [-0.2, 0) is 19.1 Å². The number of esters is 2. The molecule has 1 heterocycles. The summed E-state index contributed by atoms with van der Waals surface area (Å²) in [5, 5.41) is 0. The van der Waals surface area contributed by atoms with Crippen molar-refractivity contribution in [1.82, 2.24) is 0 Å². The smallest absolute Gasteiger partial charge is 0.380 e.